The summed E-state index contributed by atoms with van der Waals surface area (Å²) in [7, 11) is 1.59. The van der Waals surface area contributed by atoms with Crippen molar-refractivity contribution < 1.29 is 24.2 Å². The minimum absolute atomic E-state index is 0.280. The van der Waals surface area contributed by atoms with Crippen molar-refractivity contribution in [3.8, 4) is 5.75 Å². The molecule has 2 atom stereocenters. The molecule has 0 bridgehead atoms. The molecule has 6 heteroatoms. The van der Waals surface area contributed by atoms with Gasteiger partial charge in [-0.2, -0.15) is 0 Å². The molecule has 2 N–H and O–H groups in total. The molecule has 0 aliphatic rings. The summed E-state index contributed by atoms with van der Waals surface area (Å²) in [6, 6.07) is 14.2. The molecule has 0 aliphatic carbocycles. The summed E-state index contributed by atoms with van der Waals surface area (Å²) in [5.74, 6) is -1.13. The van der Waals surface area contributed by atoms with Crippen LogP contribution in [-0.2, 0) is 20.9 Å². The van der Waals surface area contributed by atoms with Gasteiger partial charge in [-0.25, -0.2) is 0 Å². The molecule has 0 aromatic heterocycles. The van der Waals surface area contributed by atoms with Crippen LogP contribution >= 0.6 is 0 Å². The zero-order chi connectivity index (χ0) is 19.1. The lowest BCUT2D eigenvalue weighted by Crippen LogP contribution is -2.27. The lowest BCUT2D eigenvalue weighted by atomic mass is 10.0. The third-order valence-electron chi connectivity index (χ3n) is 4.03. The summed E-state index contributed by atoms with van der Waals surface area (Å²) in [6.45, 7) is 3.55. The summed E-state index contributed by atoms with van der Waals surface area (Å²) in [5.41, 5.74) is 2.07. The molecular weight excluding hydrogens is 334 g/mol. The fourth-order valence-electron chi connectivity index (χ4n) is 2.33. The average molecular weight is 357 g/mol. The minimum atomic E-state index is -0.913. The third-order valence-corrected chi connectivity index (χ3v) is 4.03. The summed E-state index contributed by atoms with van der Waals surface area (Å²) in [5, 5.41) is 11.8. The molecule has 26 heavy (non-hydrogen) atoms. The smallest absolute Gasteiger partial charge is 0.310 e. The van der Waals surface area contributed by atoms with Crippen LogP contribution in [0.4, 0.5) is 5.69 Å². The number of carbonyl (C=O) groups excluding carboxylic acids is 1. The normalized spacial score (nSPS) is 12.9. The number of carboxylic acid groups (broad SMARTS) is 1. The molecule has 0 radical (unpaired) electrons. The van der Waals surface area contributed by atoms with E-state index in [9.17, 15) is 9.59 Å². The monoisotopic (exact) mass is 357 g/mol. The Morgan fingerprint density at radius 3 is 2.54 bits per heavy atom. The Morgan fingerprint density at radius 2 is 1.85 bits per heavy atom. The molecule has 0 fully saturated rings. The van der Waals surface area contributed by atoms with E-state index in [1.165, 1.54) is 0 Å². The Hall–Kier alpha value is -2.86. The second kappa shape index (κ2) is 9.01. The van der Waals surface area contributed by atoms with Crippen molar-refractivity contribution in [3.63, 3.8) is 0 Å². The number of hydrogen-bond donors (Lipinski definition) is 2. The Bertz CT molecular complexity index is 774. The largest absolute Gasteiger partial charge is 0.497 e. The highest BCUT2D eigenvalue weighted by molar-refractivity contribution is 5.94. The third kappa shape index (κ3) is 5.32. The van der Waals surface area contributed by atoms with Gasteiger partial charge in [0.05, 0.1) is 19.6 Å². The summed E-state index contributed by atoms with van der Waals surface area (Å²) in [6.07, 6.45) is -0.665. The second-order valence-corrected chi connectivity index (χ2v) is 5.98. The first-order valence-electron chi connectivity index (χ1n) is 8.29. The average Bonchev–Trinajstić information content (AvgIpc) is 2.65. The second-order valence-electron chi connectivity index (χ2n) is 5.98. The maximum Gasteiger partial charge on any atom is 0.310 e. The number of hydrogen-bond acceptors (Lipinski definition) is 4. The molecule has 0 saturated heterocycles. The highest BCUT2D eigenvalue weighted by atomic mass is 16.5. The zero-order valence-electron chi connectivity index (χ0n) is 15.1. The van der Waals surface area contributed by atoms with Gasteiger partial charge >= 0.3 is 5.97 Å². The van der Waals surface area contributed by atoms with Crippen LogP contribution < -0.4 is 10.1 Å². The van der Waals surface area contributed by atoms with Gasteiger partial charge in [-0.05, 0) is 49.2 Å². The van der Waals surface area contributed by atoms with E-state index < -0.39 is 18.0 Å². The first kappa shape index (κ1) is 19.5. The first-order valence-corrected chi connectivity index (χ1v) is 8.29. The van der Waals surface area contributed by atoms with Crippen molar-refractivity contribution >= 4 is 17.6 Å². The molecule has 6 nitrogen and oxygen atoms in total. The maximum atomic E-state index is 12.3. The number of methoxy groups -OCH3 is 1. The van der Waals surface area contributed by atoms with Crippen LogP contribution in [0.25, 0.3) is 0 Å². The molecular formula is C20H23NO5. The molecule has 0 heterocycles. The molecule has 2 rings (SSSR count). The fraction of sp³-hybridized carbons (Fsp3) is 0.300. The van der Waals surface area contributed by atoms with Gasteiger partial charge in [0.25, 0.3) is 5.91 Å². The number of carboxylic acids is 1. The van der Waals surface area contributed by atoms with E-state index in [0.29, 0.717) is 11.3 Å². The Kier molecular flexibility index (Phi) is 6.74. The van der Waals surface area contributed by atoms with Gasteiger partial charge in [0, 0.05) is 5.69 Å². The number of rotatable bonds is 8. The molecule has 1 amide bonds. The van der Waals surface area contributed by atoms with Crippen LogP contribution in [0.3, 0.4) is 0 Å². The molecule has 2 aromatic rings. The van der Waals surface area contributed by atoms with Gasteiger partial charge in [-0.1, -0.05) is 24.3 Å². The lowest BCUT2D eigenvalue weighted by molar-refractivity contribution is -0.138. The highest BCUT2D eigenvalue weighted by Gasteiger charge is 2.16. The number of nitrogens with one attached hydrogen (secondary N) is 1. The van der Waals surface area contributed by atoms with Gasteiger partial charge < -0.3 is 19.9 Å². The Morgan fingerprint density at radius 1 is 1.12 bits per heavy atom. The quantitative estimate of drug-likeness (QED) is 0.756. The van der Waals surface area contributed by atoms with Gasteiger partial charge in [-0.15, -0.1) is 0 Å². The van der Waals surface area contributed by atoms with E-state index in [1.807, 2.05) is 24.3 Å². The van der Waals surface area contributed by atoms with Crippen LogP contribution in [0.5, 0.6) is 5.75 Å². The predicted molar refractivity (Wildman–Crippen MR) is 98.4 cm³/mol. The molecule has 2 aromatic carbocycles. The summed E-state index contributed by atoms with van der Waals surface area (Å²) >= 11 is 0. The van der Waals surface area contributed by atoms with Gasteiger partial charge in [0.1, 0.15) is 11.9 Å². The van der Waals surface area contributed by atoms with E-state index in [-0.39, 0.29) is 12.5 Å². The van der Waals surface area contributed by atoms with Gasteiger partial charge in [0.15, 0.2) is 0 Å². The summed E-state index contributed by atoms with van der Waals surface area (Å²) in [4.78, 5) is 23.4. The van der Waals surface area contributed by atoms with Gasteiger partial charge in [-0.3, -0.25) is 9.59 Å². The fourth-order valence-corrected chi connectivity index (χ4v) is 2.33. The van der Waals surface area contributed by atoms with Crippen molar-refractivity contribution in [2.24, 2.45) is 0 Å². The van der Waals surface area contributed by atoms with Crippen LogP contribution in [0, 0.1) is 0 Å². The molecule has 0 aliphatic heterocycles. The number of amides is 1. The number of anilines is 1. The van der Waals surface area contributed by atoms with E-state index in [1.54, 1.807) is 45.2 Å². The predicted octanol–water partition coefficient (Wildman–Crippen LogP) is 3.43. The van der Waals surface area contributed by atoms with Crippen LogP contribution in [0.15, 0.2) is 48.5 Å². The zero-order valence-corrected chi connectivity index (χ0v) is 15.1. The number of ether oxygens (including phenoxy) is 2. The van der Waals surface area contributed by atoms with Crippen molar-refractivity contribution in [1.82, 2.24) is 0 Å². The Labute approximate surface area is 152 Å². The molecule has 0 saturated carbocycles. The standard InChI is InChI=1S/C20H23NO5/c1-13(20(23)24)16-7-5-8-17(11-16)21-19(22)14(2)26-12-15-6-4-9-18(10-15)25-3/h4-11,13-14H,12H2,1-3H3,(H,21,22)(H,23,24). The highest BCUT2D eigenvalue weighted by Crippen LogP contribution is 2.20. The molecule has 138 valence electrons. The number of benzene rings is 2. The van der Waals surface area contributed by atoms with E-state index >= 15 is 0 Å². The van der Waals surface area contributed by atoms with Crippen molar-refractivity contribution in [2.45, 2.75) is 32.5 Å². The maximum absolute atomic E-state index is 12.3. The topological polar surface area (TPSA) is 84.9 Å². The van der Waals surface area contributed by atoms with Crippen LogP contribution in [0.2, 0.25) is 0 Å². The minimum Gasteiger partial charge on any atom is -0.497 e. The number of carbonyl (C=O) groups is 2. The Balaban J connectivity index is 1.94. The van der Waals surface area contributed by atoms with Crippen molar-refractivity contribution in [2.75, 3.05) is 12.4 Å². The SMILES string of the molecule is COc1cccc(COC(C)C(=O)Nc2cccc(C(C)C(=O)O)c2)c1. The van der Waals surface area contributed by atoms with Crippen molar-refractivity contribution in [1.29, 1.82) is 0 Å². The first-order chi connectivity index (χ1) is 12.4. The van der Waals surface area contributed by atoms with E-state index in [0.717, 1.165) is 11.3 Å². The number of aliphatic carboxylic acids is 1. The summed E-state index contributed by atoms with van der Waals surface area (Å²) < 4.78 is 10.8. The van der Waals surface area contributed by atoms with Crippen LogP contribution in [-0.4, -0.2) is 30.2 Å². The van der Waals surface area contributed by atoms with Crippen molar-refractivity contribution in [3.05, 3.63) is 59.7 Å². The van der Waals surface area contributed by atoms with Gasteiger partial charge in [0.2, 0.25) is 0 Å². The molecule has 2 unspecified atom stereocenters. The molecule has 0 spiro atoms. The van der Waals surface area contributed by atoms with E-state index in [4.69, 9.17) is 14.6 Å². The lowest BCUT2D eigenvalue weighted by Gasteiger charge is -2.15. The van der Waals surface area contributed by atoms with Crippen LogP contribution in [0.1, 0.15) is 30.9 Å². The van der Waals surface area contributed by atoms with E-state index in [2.05, 4.69) is 5.32 Å².